The Morgan fingerprint density at radius 2 is 2.11 bits per heavy atom. The molecular weight excluding hydrogens is 236 g/mol. The van der Waals surface area contributed by atoms with Gasteiger partial charge in [0.05, 0.1) is 13.2 Å². The molecule has 18 heavy (non-hydrogen) atoms. The van der Waals surface area contributed by atoms with Crippen LogP contribution in [0, 0.1) is 0 Å². The van der Waals surface area contributed by atoms with Crippen LogP contribution < -0.4 is 10.3 Å². The molecule has 0 saturated carbocycles. The zero-order valence-electron chi connectivity index (χ0n) is 9.57. The molecule has 0 aliphatic carbocycles. The molecule has 0 aromatic carbocycles. The van der Waals surface area contributed by atoms with E-state index in [9.17, 15) is 9.59 Å². The number of fused-ring (bicyclic) bond motifs is 1. The van der Waals surface area contributed by atoms with Gasteiger partial charge in [0.2, 0.25) is 5.88 Å². The summed E-state index contributed by atoms with van der Waals surface area (Å²) in [6.07, 6.45) is 0.643. The Morgan fingerprint density at radius 1 is 1.33 bits per heavy atom. The van der Waals surface area contributed by atoms with Gasteiger partial charge in [0, 0.05) is 17.5 Å². The first-order chi connectivity index (χ1) is 8.76. The van der Waals surface area contributed by atoms with Gasteiger partial charge >= 0.3 is 0 Å². The Morgan fingerprint density at radius 3 is 2.83 bits per heavy atom. The number of carbonyl (C=O) groups is 1. The third kappa shape index (κ3) is 2.38. The molecule has 0 saturated heterocycles. The summed E-state index contributed by atoms with van der Waals surface area (Å²) in [5.41, 5.74) is 0.103. The number of ether oxygens (including phenoxy) is 1. The van der Waals surface area contributed by atoms with Gasteiger partial charge in [-0.15, -0.1) is 0 Å². The smallest absolute Gasteiger partial charge is 0.252 e. The molecule has 2 aromatic heterocycles. The number of rotatable bonds is 5. The molecule has 2 aromatic rings. The van der Waals surface area contributed by atoms with Crippen molar-refractivity contribution in [1.29, 1.82) is 0 Å². The van der Waals surface area contributed by atoms with Gasteiger partial charge in [0.25, 0.3) is 5.56 Å². The number of pyridine rings is 2. The van der Waals surface area contributed by atoms with Crippen molar-refractivity contribution in [2.45, 2.75) is 6.54 Å². The summed E-state index contributed by atoms with van der Waals surface area (Å²) in [6.45, 7) is -0.0362. The fourth-order valence-electron chi connectivity index (χ4n) is 1.63. The molecule has 0 spiro atoms. The Labute approximate surface area is 102 Å². The summed E-state index contributed by atoms with van der Waals surface area (Å²) >= 11 is 0. The number of aromatic nitrogens is 2. The van der Waals surface area contributed by atoms with E-state index in [2.05, 4.69) is 4.98 Å². The van der Waals surface area contributed by atoms with Gasteiger partial charge in [-0.1, -0.05) is 0 Å². The second-order valence-corrected chi connectivity index (χ2v) is 3.58. The third-order valence-electron chi connectivity index (χ3n) is 2.41. The first-order valence-electron chi connectivity index (χ1n) is 5.44. The van der Waals surface area contributed by atoms with Crippen LogP contribution in [0.2, 0.25) is 0 Å². The van der Waals surface area contributed by atoms with E-state index < -0.39 is 0 Å². The fourth-order valence-corrected chi connectivity index (χ4v) is 1.63. The van der Waals surface area contributed by atoms with E-state index in [1.165, 1.54) is 10.6 Å². The minimum Gasteiger partial charge on any atom is -0.475 e. The highest BCUT2D eigenvalue weighted by molar-refractivity contribution is 5.76. The highest BCUT2D eigenvalue weighted by atomic mass is 16.5. The number of carbonyl (C=O) groups excluding carboxylic acids is 1. The molecule has 0 unspecified atom stereocenters. The van der Waals surface area contributed by atoms with Gasteiger partial charge in [-0.2, -0.15) is 4.98 Å². The number of aliphatic hydroxyl groups excluding tert-OH is 1. The summed E-state index contributed by atoms with van der Waals surface area (Å²) in [7, 11) is 0. The van der Waals surface area contributed by atoms with Crippen molar-refractivity contribution in [1.82, 2.24) is 9.55 Å². The van der Waals surface area contributed by atoms with Crippen LogP contribution in [0.25, 0.3) is 11.0 Å². The zero-order chi connectivity index (χ0) is 13.0. The average Bonchev–Trinajstić information content (AvgIpc) is 2.39. The highest BCUT2D eigenvalue weighted by Crippen LogP contribution is 2.14. The Balaban J connectivity index is 2.54. The molecule has 0 aliphatic heterocycles. The molecule has 2 rings (SSSR count). The second kappa shape index (κ2) is 5.42. The third-order valence-corrected chi connectivity index (χ3v) is 2.41. The molecule has 0 atom stereocenters. The molecular formula is C12H12N2O4. The van der Waals surface area contributed by atoms with Crippen molar-refractivity contribution >= 4 is 17.3 Å². The first kappa shape index (κ1) is 12.3. The van der Waals surface area contributed by atoms with Crippen LogP contribution in [-0.2, 0) is 11.3 Å². The molecule has 0 amide bonds. The maximum Gasteiger partial charge on any atom is 0.252 e. The molecule has 0 fully saturated rings. The van der Waals surface area contributed by atoms with Gasteiger partial charge in [-0.05, 0) is 12.1 Å². The number of nitrogens with zero attached hydrogens (tertiary/aromatic N) is 2. The summed E-state index contributed by atoms with van der Waals surface area (Å²) in [5.74, 6) is 0.307. The lowest BCUT2D eigenvalue weighted by atomic mass is 10.3. The monoisotopic (exact) mass is 248 g/mol. The molecule has 1 N–H and O–H groups in total. The van der Waals surface area contributed by atoms with Crippen molar-refractivity contribution in [3.8, 4) is 5.88 Å². The van der Waals surface area contributed by atoms with Gasteiger partial charge in [-0.3, -0.25) is 9.36 Å². The number of aliphatic hydroxyl groups is 1. The molecule has 0 bridgehead atoms. The quantitative estimate of drug-likeness (QED) is 0.751. The number of aldehydes is 1. The van der Waals surface area contributed by atoms with E-state index in [1.807, 2.05) is 0 Å². The van der Waals surface area contributed by atoms with Crippen LogP contribution in [-0.4, -0.2) is 34.2 Å². The van der Waals surface area contributed by atoms with Crippen LogP contribution in [0.1, 0.15) is 0 Å². The van der Waals surface area contributed by atoms with Gasteiger partial charge in [0.15, 0.2) is 0 Å². The zero-order valence-corrected chi connectivity index (χ0v) is 9.57. The maximum atomic E-state index is 11.6. The second-order valence-electron chi connectivity index (χ2n) is 3.58. The summed E-state index contributed by atoms with van der Waals surface area (Å²) in [4.78, 5) is 26.4. The number of hydrogen-bond acceptors (Lipinski definition) is 5. The predicted molar refractivity (Wildman–Crippen MR) is 64.6 cm³/mol. The van der Waals surface area contributed by atoms with Crippen molar-refractivity contribution in [2.75, 3.05) is 13.2 Å². The Bertz CT molecular complexity index is 621. The van der Waals surface area contributed by atoms with E-state index in [0.717, 1.165) is 5.39 Å². The number of hydrogen-bond donors (Lipinski definition) is 1. The molecule has 6 nitrogen and oxygen atoms in total. The molecule has 2 heterocycles. The van der Waals surface area contributed by atoms with E-state index in [-0.39, 0.29) is 25.3 Å². The van der Waals surface area contributed by atoms with Gasteiger partial charge in [0.1, 0.15) is 18.5 Å². The van der Waals surface area contributed by atoms with Crippen LogP contribution in [0.3, 0.4) is 0 Å². The Hall–Kier alpha value is -2.21. The first-order valence-corrected chi connectivity index (χ1v) is 5.44. The maximum absolute atomic E-state index is 11.6. The van der Waals surface area contributed by atoms with E-state index in [4.69, 9.17) is 9.84 Å². The molecule has 94 valence electrons. The van der Waals surface area contributed by atoms with Crippen molar-refractivity contribution in [3.63, 3.8) is 0 Å². The van der Waals surface area contributed by atoms with Crippen LogP contribution >= 0.6 is 0 Å². The van der Waals surface area contributed by atoms with Crippen LogP contribution in [0.5, 0.6) is 5.88 Å². The fraction of sp³-hybridized carbons (Fsp3) is 0.250. The van der Waals surface area contributed by atoms with Crippen molar-refractivity contribution < 1.29 is 14.6 Å². The topological polar surface area (TPSA) is 81.4 Å². The predicted octanol–water partition coefficient (Wildman–Crippen LogP) is -0.0335. The molecule has 6 heteroatoms. The molecule has 0 aliphatic rings. The average molecular weight is 248 g/mol. The van der Waals surface area contributed by atoms with Gasteiger partial charge in [-0.25, -0.2) is 0 Å². The lowest BCUT2D eigenvalue weighted by Crippen LogP contribution is -2.20. The van der Waals surface area contributed by atoms with E-state index in [0.29, 0.717) is 17.8 Å². The standard InChI is InChI=1S/C12H12N2O4/c15-6-5-14-11(17)4-2-9-1-3-10(13-12(9)14)18-8-7-16/h1-4,6,16H,5,7-8H2. The lowest BCUT2D eigenvalue weighted by molar-refractivity contribution is -0.108. The lowest BCUT2D eigenvalue weighted by Gasteiger charge is -2.08. The minimum atomic E-state index is -0.290. The highest BCUT2D eigenvalue weighted by Gasteiger charge is 2.05. The van der Waals surface area contributed by atoms with E-state index in [1.54, 1.807) is 18.2 Å². The summed E-state index contributed by atoms with van der Waals surface area (Å²) in [5, 5.41) is 9.41. The van der Waals surface area contributed by atoms with Crippen LogP contribution in [0.15, 0.2) is 29.1 Å². The Kier molecular flexibility index (Phi) is 3.69. The molecule has 0 radical (unpaired) electrons. The van der Waals surface area contributed by atoms with Gasteiger partial charge < -0.3 is 14.6 Å². The van der Waals surface area contributed by atoms with Crippen molar-refractivity contribution in [3.05, 3.63) is 34.6 Å². The largest absolute Gasteiger partial charge is 0.475 e. The SMILES string of the molecule is O=CCn1c(=O)ccc2ccc(OCCO)nc21. The summed E-state index contributed by atoms with van der Waals surface area (Å²) in [6, 6.07) is 6.42. The normalized spacial score (nSPS) is 10.5. The van der Waals surface area contributed by atoms with E-state index >= 15 is 0 Å². The summed E-state index contributed by atoms with van der Waals surface area (Å²) < 4.78 is 6.44. The van der Waals surface area contributed by atoms with Crippen molar-refractivity contribution in [2.24, 2.45) is 0 Å². The minimum absolute atomic E-state index is 0.0490. The van der Waals surface area contributed by atoms with Crippen LogP contribution in [0.4, 0.5) is 0 Å².